The van der Waals surface area contributed by atoms with Crippen LogP contribution in [0.2, 0.25) is 0 Å². The van der Waals surface area contributed by atoms with E-state index in [1.54, 1.807) is 29.1 Å². The first kappa shape index (κ1) is 11.7. The van der Waals surface area contributed by atoms with E-state index < -0.39 is 11.7 Å². The number of hydrogen-bond donors (Lipinski definition) is 0. The van der Waals surface area contributed by atoms with Crippen LogP contribution in [0.5, 0.6) is 0 Å². The average Bonchev–Trinajstić information content (AvgIpc) is 2.85. The lowest BCUT2D eigenvalue weighted by Gasteiger charge is -2.12. The van der Waals surface area contributed by atoms with Crippen LogP contribution in [-0.4, -0.2) is 14.4 Å². The van der Waals surface area contributed by atoms with Gasteiger partial charge in [0, 0.05) is 11.8 Å². The molecular formula is C13H8F3N3. The summed E-state index contributed by atoms with van der Waals surface area (Å²) in [5.74, 6) is 0. The van der Waals surface area contributed by atoms with Gasteiger partial charge in [0.25, 0.3) is 0 Å². The lowest BCUT2D eigenvalue weighted by Crippen LogP contribution is -2.07. The molecule has 3 nitrogen and oxygen atoms in total. The molecule has 3 rings (SSSR count). The highest BCUT2D eigenvalue weighted by molar-refractivity contribution is 5.66. The van der Waals surface area contributed by atoms with E-state index in [-0.39, 0.29) is 11.3 Å². The third-order valence-corrected chi connectivity index (χ3v) is 2.78. The molecule has 0 aliphatic heterocycles. The number of aromatic nitrogens is 3. The van der Waals surface area contributed by atoms with Crippen molar-refractivity contribution in [2.75, 3.05) is 0 Å². The van der Waals surface area contributed by atoms with Gasteiger partial charge in [0.15, 0.2) is 5.65 Å². The molecule has 0 spiro atoms. The second-order valence-corrected chi connectivity index (χ2v) is 4.02. The Bertz CT molecular complexity index is 731. The van der Waals surface area contributed by atoms with Crippen molar-refractivity contribution >= 4 is 5.65 Å². The zero-order valence-electron chi connectivity index (χ0n) is 9.59. The largest absolute Gasteiger partial charge is 0.417 e. The van der Waals surface area contributed by atoms with Crippen molar-refractivity contribution in [3.63, 3.8) is 0 Å². The number of hydrogen-bond acceptors (Lipinski definition) is 2. The number of alkyl halides is 3. The molecule has 6 heteroatoms. The zero-order valence-corrected chi connectivity index (χ0v) is 9.59. The molecule has 19 heavy (non-hydrogen) atoms. The van der Waals surface area contributed by atoms with Crippen molar-refractivity contribution in [3.05, 3.63) is 54.6 Å². The number of fused-ring (bicyclic) bond motifs is 1. The molecule has 0 saturated heterocycles. The number of imidazole rings is 1. The quantitative estimate of drug-likeness (QED) is 0.673. The Morgan fingerprint density at radius 3 is 2.63 bits per heavy atom. The lowest BCUT2D eigenvalue weighted by molar-refractivity contribution is -0.137. The molecule has 0 saturated carbocycles. The summed E-state index contributed by atoms with van der Waals surface area (Å²) >= 11 is 0. The van der Waals surface area contributed by atoms with Crippen molar-refractivity contribution < 1.29 is 13.2 Å². The summed E-state index contributed by atoms with van der Waals surface area (Å²) < 4.78 is 40.5. The number of halogens is 3. The Morgan fingerprint density at radius 2 is 1.84 bits per heavy atom. The first-order valence-electron chi connectivity index (χ1n) is 5.51. The fraction of sp³-hybridized carbons (Fsp3) is 0.0769. The molecule has 1 aromatic carbocycles. The van der Waals surface area contributed by atoms with Crippen LogP contribution in [0.4, 0.5) is 13.2 Å². The first-order valence-corrected chi connectivity index (χ1v) is 5.51. The smallest absolute Gasteiger partial charge is 0.291 e. The molecule has 2 aromatic heterocycles. The third kappa shape index (κ3) is 2.05. The standard InChI is InChI=1S/C13H8F3N3/c14-13(15,16)10-4-2-1-3-9(10)11-5-6-19-8-17-7-12(19)18-11/h1-8H. The predicted octanol–water partition coefficient (Wildman–Crippen LogP) is 3.42. The molecule has 0 aliphatic rings. The normalized spacial score (nSPS) is 11.9. The van der Waals surface area contributed by atoms with Gasteiger partial charge in [-0.3, -0.25) is 4.40 Å². The van der Waals surface area contributed by atoms with E-state index in [1.807, 2.05) is 0 Å². The Balaban J connectivity index is 2.21. The van der Waals surface area contributed by atoms with E-state index in [0.29, 0.717) is 5.65 Å². The van der Waals surface area contributed by atoms with Crippen molar-refractivity contribution in [2.45, 2.75) is 6.18 Å². The number of benzene rings is 1. The Kier molecular flexibility index (Phi) is 2.51. The highest BCUT2D eigenvalue weighted by atomic mass is 19.4. The van der Waals surface area contributed by atoms with Crippen molar-refractivity contribution in [2.24, 2.45) is 0 Å². The van der Waals surface area contributed by atoms with E-state index in [2.05, 4.69) is 9.97 Å². The van der Waals surface area contributed by atoms with Gasteiger partial charge in [-0.15, -0.1) is 0 Å². The van der Waals surface area contributed by atoms with Gasteiger partial charge < -0.3 is 0 Å². The van der Waals surface area contributed by atoms with E-state index in [0.717, 1.165) is 6.07 Å². The van der Waals surface area contributed by atoms with Gasteiger partial charge in [-0.2, -0.15) is 13.2 Å². The van der Waals surface area contributed by atoms with Gasteiger partial charge in [0.05, 0.1) is 17.5 Å². The molecule has 0 amide bonds. The van der Waals surface area contributed by atoms with E-state index >= 15 is 0 Å². The van der Waals surface area contributed by atoms with Crippen LogP contribution in [0, 0.1) is 0 Å². The molecular weight excluding hydrogens is 255 g/mol. The highest BCUT2D eigenvalue weighted by Gasteiger charge is 2.33. The third-order valence-electron chi connectivity index (χ3n) is 2.78. The van der Waals surface area contributed by atoms with Crippen LogP contribution in [0.1, 0.15) is 5.56 Å². The molecule has 3 aromatic rings. The van der Waals surface area contributed by atoms with Gasteiger partial charge in [0.2, 0.25) is 0 Å². The van der Waals surface area contributed by atoms with Crippen LogP contribution in [0.15, 0.2) is 49.1 Å². The summed E-state index contributed by atoms with van der Waals surface area (Å²) in [7, 11) is 0. The Labute approximate surface area is 106 Å². The monoisotopic (exact) mass is 263 g/mol. The maximum Gasteiger partial charge on any atom is 0.417 e. The van der Waals surface area contributed by atoms with E-state index in [4.69, 9.17) is 0 Å². The van der Waals surface area contributed by atoms with Crippen LogP contribution in [-0.2, 0) is 6.18 Å². The molecule has 0 atom stereocenters. The minimum Gasteiger partial charge on any atom is -0.291 e. The Hall–Kier alpha value is -2.37. The van der Waals surface area contributed by atoms with Gasteiger partial charge in [-0.05, 0) is 12.1 Å². The maximum absolute atomic E-state index is 12.9. The first-order chi connectivity index (χ1) is 9.05. The summed E-state index contributed by atoms with van der Waals surface area (Å²) in [5.41, 5.74) is 0.167. The minimum absolute atomic E-state index is 0.0682. The summed E-state index contributed by atoms with van der Waals surface area (Å²) in [6.07, 6.45) is 0.282. The molecule has 0 fully saturated rings. The van der Waals surface area contributed by atoms with Crippen molar-refractivity contribution in [1.29, 1.82) is 0 Å². The zero-order chi connectivity index (χ0) is 13.5. The predicted molar refractivity (Wildman–Crippen MR) is 63.4 cm³/mol. The van der Waals surface area contributed by atoms with Gasteiger partial charge in [0.1, 0.15) is 6.33 Å². The van der Waals surface area contributed by atoms with Gasteiger partial charge in [-0.25, -0.2) is 9.97 Å². The van der Waals surface area contributed by atoms with Gasteiger partial charge >= 0.3 is 6.18 Å². The fourth-order valence-corrected chi connectivity index (χ4v) is 1.91. The second-order valence-electron chi connectivity index (χ2n) is 4.02. The maximum atomic E-state index is 12.9. The molecule has 0 N–H and O–H groups in total. The summed E-state index contributed by atoms with van der Waals surface area (Å²) in [4.78, 5) is 8.07. The Morgan fingerprint density at radius 1 is 1.05 bits per heavy atom. The summed E-state index contributed by atoms with van der Waals surface area (Å²) in [6, 6.07) is 6.94. The topological polar surface area (TPSA) is 30.2 Å². The van der Waals surface area contributed by atoms with Crippen LogP contribution >= 0.6 is 0 Å². The van der Waals surface area contributed by atoms with E-state index in [9.17, 15) is 13.2 Å². The van der Waals surface area contributed by atoms with E-state index in [1.165, 1.54) is 18.3 Å². The molecule has 0 unspecified atom stereocenters. The minimum atomic E-state index is -4.40. The lowest BCUT2D eigenvalue weighted by atomic mass is 10.0. The summed E-state index contributed by atoms with van der Waals surface area (Å²) in [6.45, 7) is 0. The molecule has 0 bridgehead atoms. The number of nitrogens with zero attached hydrogens (tertiary/aromatic N) is 3. The van der Waals surface area contributed by atoms with Crippen LogP contribution in [0.3, 0.4) is 0 Å². The molecule has 0 aliphatic carbocycles. The second kappa shape index (κ2) is 4.08. The van der Waals surface area contributed by atoms with Crippen LogP contribution < -0.4 is 0 Å². The SMILES string of the molecule is FC(F)(F)c1ccccc1-c1ccn2cncc2n1. The molecule has 2 heterocycles. The van der Waals surface area contributed by atoms with Crippen LogP contribution in [0.25, 0.3) is 16.9 Å². The molecule has 96 valence electrons. The number of rotatable bonds is 1. The summed E-state index contributed by atoms with van der Waals surface area (Å²) in [5, 5.41) is 0. The van der Waals surface area contributed by atoms with Gasteiger partial charge in [-0.1, -0.05) is 18.2 Å². The highest BCUT2D eigenvalue weighted by Crippen LogP contribution is 2.36. The average molecular weight is 263 g/mol. The fourth-order valence-electron chi connectivity index (χ4n) is 1.91. The van der Waals surface area contributed by atoms with Crippen molar-refractivity contribution in [3.8, 4) is 11.3 Å². The van der Waals surface area contributed by atoms with Crippen molar-refractivity contribution in [1.82, 2.24) is 14.4 Å². The molecule has 0 radical (unpaired) electrons.